The molecule has 0 unspecified atom stereocenters. The molecule has 0 fully saturated rings. The largest absolute Gasteiger partial charge is 0.369 e. The molecule has 1 aromatic heterocycles. The molecule has 0 aromatic carbocycles. The van der Waals surface area contributed by atoms with E-state index in [4.69, 9.17) is 9.97 Å². The quantitative estimate of drug-likeness (QED) is 0.766. The third-order valence-corrected chi connectivity index (χ3v) is 4.22. The van der Waals surface area contributed by atoms with E-state index in [9.17, 15) is 0 Å². The van der Waals surface area contributed by atoms with Crippen molar-refractivity contribution in [1.82, 2.24) is 9.97 Å². The molecule has 0 atom stereocenters. The average molecular weight is 342 g/mol. The summed E-state index contributed by atoms with van der Waals surface area (Å²) in [6.45, 7) is 14.1. The molecule has 114 valence electrons. The van der Waals surface area contributed by atoms with Crippen molar-refractivity contribution < 1.29 is 0 Å². The van der Waals surface area contributed by atoms with Crippen LogP contribution in [0.2, 0.25) is 0 Å². The van der Waals surface area contributed by atoms with Crippen molar-refractivity contribution in [2.45, 2.75) is 72.1 Å². The predicted molar refractivity (Wildman–Crippen MR) is 90.5 cm³/mol. The molecule has 3 nitrogen and oxygen atoms in total. The van der Waals surface area contributed by atoms with Crippen LogP contribution >= 0.6 is 15.9 Å². The Morgan fingerprint density at radius 1 is 1.10 bits per heavy atom. The van der Waals surface area contributed by atoms with Crippen LogP contribution in [0.1, 0.15) is 78.2 Å². The van der Waals surface area contributed by atoms with Gasteiger partial charge in [-0.1, -0.05) is 41.5 Å². The maximum absolute atomic E-state index is 4.86. The molecular weight excluding hydrogens is 314 g/mol. The second-order valence-electron chi connectivity index (χ2n) is 6.28. The standard InChI is InChI=1S/C16H28BrN3/c1-7-10-18-15-12(17)13(16(4,5)6)19-14(20-15)11(8-2)9-3/h11H,7-10H2,1-6H3,(H,18,19,20). The molecule has 0 saturated carbocycles. The second kappa shape index (κ2) is 7.39. The Morgan fingerprint density at radius 2 is 1.70 bits per heavy atom. The molecule has 0 amide bonds. The van der Waals surface area contributed by atoms with E-state index in [1.54, 1.807) is 0 Å². The molecule has 0 saturated heterocycles. The van der Waals surface area contributed by atoms with E-state index >= 15 is 0 Å². The van der Waals surface area contributed by atoms with Gasteiger partial charge in [0.15, 0.2) is 0 Å². The van der Waals surface area contributed by atoms with Crippen molar-refractivity contribution in [1.29, 1.82) is 0 Å². The Bertz CT molecular complexity index is 434. The van der Waals surface area contributed by atoms with Gasteiger partial charge in [-0.15, -0.1) is 0 Å². The molecule has 1 rings (SSSR count). The molecule has 1 heterocycles. The summed E-state index contributed by atoms with van der Waals surface area (Å²) in [6, 6.07) is 0. The van der Waals surface area contributed by atoms with Crippen molar-refractivity contribution in [3.8, 4) is 0 Å². The highest BCUT2D eigenvalue weighted by Crippen LogP contribution is 2.34. The van der Waals surface area contributed by atoms with Gasteiger partial charge in [0.1, 0.15) is 11.6 Å². The predicted octanol–water partition coefficient (Wildman–Crippen LogP) is 5.26. The molecule has 4 heteroatoms. The summed E-state index contributed by atoms with van der Waals surface area (Å²) in [4.78, 5) is 9.61. The number of hydrogen-bond donors (Lipinski definition) is 1. The average Bonchev–Trinajstić information content (AvgIpc) is 2.38. The summed E-state index contributed by atoms with van der Waals surface area (Å²) < 4.78 is 1.01. The highest BCUT2D eigenvalue weighted by Gasteiger charge is 2.24. The first-order valence-electron chi connectivity index (χ1n) is 7.66. The van der Waals surface area contributed by atoms with Crippen molar-refractivity contribution in [2.24, 2.45) is 0 Å². The molecule has 20 heavy (non-hydrogen) atoms. The minimum atomic E-state index is 0.00516. The lowest BCUT2D eigenvalue weighted by Crippen LogP contribution is -2.19. The summed E-state index contributed by atoms with van der Waals surface area (Å²) in [5.41, 5.74) is 1.10. The van der Waals surface area contributed by atoms with Crippen LogP contribution in [0.3, 0.4) is 0 Å². The first-order chi connectivity index (χ1) is 9.35. The van der Waals surface area contributed by atoms with Gasteiger partial charge in [-0.3, -0.25) is 0 Å². The van der Waals surface area contributed by atoms with Crippen LogP contribution in [0.25, 0.3) is 0 Å². The van der Waals surface area contributed by atoms with Crippen LogP contribution in [-0.4, -0.2) is 16.5 Å². The van der Waals surface area contributed by atoms with Crippen LogP contribution in [0.5, 0.6) is 0 Å². The Morgan fingerprint density at radius 3 is 2.15 bits per heavy atom. The summed E-state index contributed by atoms with van der Waals surface area (Å²) in [6.07, 6.45) is 3.24. The van der Waals surface area contributed by atoms with Gasteiger partial charge in [0, 0.05) is 17.9 Å². The van der Waals surface area contributed by atoms with E-state index in [1.807, 2.05) is 0 Å². The van der Waals surface area contributed by atoms with Gasteiger partial charge in [-0.2, -0.15) is 0 Å². The zero-order valence-electron chi connectivity index (χ0n) is 13.7. The molecule has 0 radical (unpaired) electrons. The lowest BCUT2D eigenvalue weighted by Gasteiger charge is -2.24. The molecule has 1 aromatic rings. The van der Waals surface area contributed by atoms with Crippen LogP contribution in [0.4, 0.5) is 5.82 Å². The summed E-state index contributed by atoms with van der Waals surface area (Å²) in [5.74, 6) is 2.35. The number of hydrogen-bond acceptors (Lipinski definition) is 3. The Kier molecular flexibility index (Phi) is 6.44. The third-order valence-electron chi connectivity index (χ3n) is 3.47. The van der Waals surface area contributed by atoms with Gasteiger partial charge in [0.2, 0.25) is 0 Å². The smallest absolute Gasteiger partial charge is 0.144 e. The Hall–Kier alpha value is -0.640. The fourth-order valence-corrected chi connectivity index (χ4v) is 3.07. The molecule has 0 aliphatic carbocycles. The van der Waals surface area contributed by atoms with Gasteiger partial charge in [0.05, 0.1) is 10.2 Å². The van der Waals surface area contributed by atoms with Crippen LogP contribution < -0.4 is 5.32 Å². The van der Waals surface area contributed by atoms with E-state index in [1.165, 1.54) is 0 Å². The fourth-order valence-electron chi connectivity index (χ4n) is 2.16. The van der Waals surface area contributed by atoms with E-state index < -0.39 is 0 Å². The van der Waals surface area contributed by atoms with Crippen LogP contribution in [0.15, 0.2) is 4.47 Å². The lowest BCUT2D eigenvalue weighted by molar-refractivity contribution is 0.539. The van der Waals surface area contributed by atoms with E-state index in [-0.39, 0.29) is 5.41 Å². The SMILES string of the molecule is CCCNc1nc(C(CC)CC)nc(C(C)(C)C)c1Br. The molecule has 0 bridgehead atoms. The topological polar surface area (TPSA) is 37.8 Å². The van der Waals surface area contributed by atoms with E-state index in [0.29, 0.717) is 5.92 Å². The third kappa shape index (κ3) is 4.18. The van der Waals surface area contributed by atoms with Gasteiger partial charge in [-0.25, -0.2) is 9.97 Å². The molecular formula is C16H28BrN3. The van der Waals surface area contributed by atoms with Crippen molar-refractivity contribution in [2.75, 3.05) is 11.9 Å². The van der Waals surface area contributed by atoms with Crippen molar-refractivity contribution in [3.05, 3.63) is 16.0 Å². The summed E-state index contributed by atoms with van der Waals surface area (Å²) in [7, 11) is 0. The van der Waals surface area contributed by atoms with E-state index in [2.05, 4.69) is 62.8 Å². The Labute approximate surface area is 132 Å². The molecule has 0 spiro atoms. The van der Waals surface area contributed by atoms with E-state index in [0.717, 1.165) is 47.6 Å². The van der Waals surface area contributed by atoms with Gasteiger partial charge in [-0.05, 0) is 35.2 Å². The maximum atomic E-state index is 4.86. The minimum Gasteiger partial charge on any atom is -0.369 e. The first-order valence-corrected chi connectivity index (χ1v) is 8.46. The summed E-state index contributed by atoms with van der Waals surface area (Å²) in [5, 5.41) is 3.42. The van der Waals surface area contributed by atoms with Gasteiger partial charge < -0.3 is 5.32 Å². The molecule has 0 aliphatic heterocycles. The second-order valence-corrected chi connectivity index (χ2v) is 7.08. The highest BCUT2D eigenvalue weighted by atomic mass is 79.9. The zero-order valence-corrected chi connectivity index (χ0v) is 15.3. The van der Waals surface area contributed by atoms with Crippen LogP contribution in [0, 0.1) is 0 Å². The minimum absolute atomic E-state index is 0.00516. The molecule has 0 aliphatic rings. The maximum Gasteiger partial charge on any atom is 0.144 e. The lowest BCUT2D eigenvalue weighted by atomic mass is 9.91. The number of nitrogens with zero attached hydrogens (tertiary/aromatic N) is 2. The van der Waals surface area contributed by atoms with Crippen molar-refractivity contribution >= 4 is 21.7 Å². The number of halogens is 1. The van der Waals surface area contributed by atoms with Crippen LogP contribution in [-0.2, 0) is 5.41 Å². The number of rotatable bonds is 6. The van der Waals surface area contributed by atoms with Gasteiger partial charge in [0.25, 0.3) is 0 Å². The zero-order chi connectivity index (χ0) is 15.3. The first kappa shape index (κ1) is 17.4. The van der Waals surface area contributed by atoms with Gasteiger partial charge >= 0.3 is 0 Å². The fraction of sp³-hybridized carbons (Fsp3) is 0.750. The number of nitrogens with one attached hydrogen (secondary N) is 1. The number of aromatic nitrogens is 2. The number of anilines is 1. The molecule has 1 N–H and O–H groups in total. The Balaban J connectivity index is 3.33. The monoisotopic (exact) mass is 341 g/mol. The normalized spacial score (nSPS) is 12.0. The highest BCUT2D eigenvalue weighted by molar-refractivity contribution is 9.10. The summed E-state index contributed by atoms with van der Waals surface area (Å²) >= 11 is 3.69. The van der Waals surface area contributed by atoms with Crippen molar-refractivity contribution in [3.63, 3.8) is 0 Å².